The Morgan fingerprint density at radius 1 is 1.19 bits per heavy atom. The van der Waals surface area contributed by atoms with E-state index in [0.717, 1.165) is 22.5 Å². The van der Waals surface area contributed by atoms with Crippen LogP contribution in [0, 0.1) is 0 Å². The van der Waals surface area contributed by atoms with E-state index in [2.05, 4.69) is 15.6 Å². The summed E-state index contributed by atoms with van der Waals surface area (Å²) in [5.41, 5.74) is 3.83. The van der Waals surface area contributed by atoms with E-state index >= 15 is 0 Å². The summed E-state index contributed by atoms with van der Waals surface area (Å²) in [5.74, 6) is -0.227. The van der Waals surface area contributed by atoms with E-state index in [1.54, 1.807) is 18.2 Å². The van der Waals surface area contributed by atoms with Gasteiger partial charge in [0.25, 0.3) is 5.91 Å². The molecule has 2 aromatic carbocycles. The van der Waals surface area contributed by atoms with Crippen molar-refractivity contribution in [3.8, 4) is 11.3 Å². The lowest BCUT2D eigenvalue weighted by atomic mass is 10.0. The minimum absolute atomic E-state index is 0.00425. The van der Waals surface area contributed by atoms with Crippen molar-refractivity contribution in [2.45, 2.75) is 12.8 Å². The second-order valence-corrected chi connectivity index (χ2v) is 7.16. The van der Waals surface area contributed by atoms with Crippen LogP contribution in [0.1, 0.15) is 22.3 Å². The molecule has 0 fully saturated rings. The van der Waals surface area contributed by atoms with Crippen molar-refractivity contribution >= 4 is 45.6 Å². The number of aromatic nitrogens is 1. The van der Waals surface area contributed by atoms with Crippen molar-refractivity contribution in [2.24, 2.45) is 0 Å². The molecule has 1 aliphatic rings. The molecular weight excluding hydrogens is 370 g/mol. The van der Waals surface area contributed by atoms with Crippen LogP contribution in [0.25, 0.3) is 11.3 Å². The van der Waals surface area contributed by atoms with E-state index < -0.39 is 0 Å². The highest BCUT2D eigenvalue weighted by Gasteiger charge is 2.17. The van der Waals surface area contributed by atoms with Crippen LogP contribution < -0.4 is 10.6 Å². The molecule has 2 N–H and O–H groups in total. The Bertz CT molecular complexity index is 1020. The predicted octanol–water partition coefficient (Wildman–Crippen LogP) is 4.60. The average Bonchev–Trinajstić information content (AvgIpc) is 3.09. The van der Waals surface area contributed by atoms with Crippen LogP contribution in [0.5, 0.6) is 0 Å². The smallest absolute Gasteiger partial charge is 0.257 e. The maximum atomic E-state index is 12.5. The summed E-state index contributed by atoms with van der Waals surface area (Å²) in [6, 6.07) is 12.7. The van der Waals surface area contributed by atoms with Gasteiger partial charge in [-0.25, -0.2) is 4.98 Å². The molecule has 0 unspecified atom stereocenters. The van der Waals surface area contributed by atoms with Crippen molar-refractivity contribution < 1.29 is 9.59 Å². The minimum atomic E-state index is -0.232. The van der Waals surface area contributed by atoms with Crippen molar-refractivity contribution in [2.75, 3.05) is 10.6 Å². The standard InChI is InChI=1S/C19H14ClN3O2S/c20-14-4-2-1-3-13(14)16-10-26-19(22-16)23-18(25)12-5-7-15-11(9-12)6-8-17(24)21-15/h1-5,7,9-10H,6,8H2,(H,21,24)(H,22,23,25). The monoisotopic (exact) mass is 383 g/mol. The Morgan fingerprint density at radius 3 is 2.88 bits per heavy atom. The molecule has 0 saturated heterocycles. The molecule has 130 valence electrons. The number of hydrogen-bond acceptors (Lipinski definition) is 4. The molecule has 2 heterocycles. The second-order valence-electron chi connectivity index (χ2n) is 5.89. The number of nitrogens with one attached hydrogen (secondary N) is 2. The van der Waals surface area contributed by atoms with Crippen LogP contribution in [-0.4, -0.2) is 16.8 Å². The predicted molar refractivity (Wildman–Crippen MR) is 104 cm³/mol. The number of rotatable bonds is 3. The molecule has 26 heavy (non-hydrogen) atoms. The zero-order chi connectivity index (χ0) is 18.1. The molecular formula is C19H14ClN3O2S. The average molecular weight is 384 g/mol. The first-order valence-corrected chi connectivity index (χ1v) is 9.30. The van der Waals surface area contributed by atoms with Gasteiger partial charge in [0.1, 0.15) is 0 Å². The van der Waals surface area contributed by atoms with Crippen molar-refractivity contribution in [3.63, 3.8) is 0 Å². The van der Waals surface area contributed by atoms with E-state index in [9.17, 15) is 9.59 Å². The Morgan fingerprint density at radius 2 is 2.04 bits per heavy atom. The fourth-order valence-corrected chi connectivity index (χ4v) is 3.76. The van der Waals surface area contributed by atoms with E-state index in [1.807, 2.05) is 29.6 Å². The minimum Gasteiger partial charge on any atom is -0.326 e. The molecule has 1 aliphatic heterocycles. The first-order valence-electron chi connectivity index (χ1n) is 8.05. The fourth-order valence-electron chi connectivity index (χ4n) is 2.82. The summed E-state index contributed by atoms with van der Waals surface area (Å²) in [6.07, 6.45) is 1.07. The molecule has 0 spiro atoms. The maximum absolute atomic E-state index is 12.5. The van der Waals surface area contributed by atoms with Crippen molar-refractivity contribution in [1.82, 2.24) is 4.98 Å². The van der Waals surface area contributed by atoms with Crippen LogP contribution in [0.15, 0.2) is 47.8 Å². The summed E-state index contributed by atoms with van der Waals surface area (Å²) in [4.78, 5) is 28.4. The maximum Gasteiger partial charge on any atom is 0.257 e. The highest BCUT2D eigenvalue weighted by atomic mass is 35.5. The van der Waals surface area contributed by atoms with Gasteiger partial charge in [0, 0.05) is 33.6 Å². The number of amides is 2. The molecule has 0 aliphatic carbocycles. The topological polar surface area (TPSA) is 71.1 Å². The molecule has 2 amide bonds. The third kappa shape index (κ3) is 3.34. The van der Waals surface area contributed by atoms with Gasteiger partial charge < -0.3 is 5.32 Å². The fraction of sp³-hybridized carbons (Fsp3) is 0.105. The lowest BCUT2D eigenvalue weighted by molar-refractivity contribution is -0.116. The Labute approximate surface area is 159 Å². The van der Waals surface area contributed by atoms with Crippen LogP contribution in [0.4, 0.5) is 10.8 Å². The summed E-state index contributed by atoms with van der Waals surface area (Å²) >= 11 is 7.54. The molecule has 5 nitrogen and oxygen atoms in total. The number of aryl methyl sites for hydroxylation is 1. The molecule has 0 saturated carbocycles. The van der Waals surface area contributed by atoms with E-state index in [0.29, 0.717) is 28.6 Å². The van der Waals surface area contributed by atoms with Gasteiger partial charge in [-0.1, -0.05) is 29.8 Å². The van der Waals surface area contributed by atoms with E-state index in [-0.39, 0.29) is 11.8 Å². The lowest BCUT2D eigenvalue weighted by Gasteiger charge is -2.17. The molecule has 0 radical (unpaired) electrons. The summed E-state index contributed by atoms with van der Waals surface area (Å²) in [6.45, 7) is 0. The number of anilines is 2. The number of carbonyl (C=O) groups is 2. The third-order valence-corrected chi connectivity index (χ3v) is 5.22. The molecule has 7 heteroatoms. The quantitative estimate of drug-likeness (QED) is 0.694. The van der Waals surface area contributed by atoms with Gasteiger partial charge in [0.2, 0.25) is 5.91 Å². The number of carbonyl (C=O) groups excluding carboxylic acids is 2. The first kappa shape index (κ1) is 16.8. The number of fused-ring (bicyclic) bond motifs is 1. The van der Waals surface area contributed by atoms with Gasteiger partial charge in [-0.3, -0.25) is 14.9 Å². The van der Waals surface area contributed by atoms with Crippen molar-refractivity contribution in [3.05, 3.63) is 64.0 Å². The summed E-state index contributed by atoms with van der Waals surface area (Å²) in [5, 5.41) is 8.62. The largest absolute Gasteiger partial charge is 0.326 e. The molecule has 1 aromatic heterocycles. The summed E-state index contributed by atoms with van der Waals surface area (Å²) < 4.78 is 0. The molecule has 3 aromatic rings. The number of benzene rings is 2. The van der Waals surface area contributed by atoms with Gasteiger partial charge in [-0.2, -0.15) is 0 Å². The Balaban J connectivity index is 1.52. The molecule has 0 atom stereocenters. The molecule has 4 rings (SSSR count). The lowest BCUT2D eigenvalue weighted by Crippen LogP contribution is -2.20. The van der Waals surface area contributed by atoms with Gasteiger partial charge in [0.15, 0.2) is 5.13 Å². The van der Waals surface area contributed by atoms with Gasteiger partial charge in [-0.05, 0) is 36.2 Å². The van der Waals surface area contributed by atoms with E-state index in [1.165, 1.54) is 11.3 Å². The highest BCUT2D eigenvalue weighted by molar-refractivity contribution is 7.14. The first-order chi connectivity index (χ1) is 12.6. The normalized spacial score (nSPS) is 13.0. The summed E-state index contributed by atoms with van der Waals surface area (Å²) in [7, 11) is 0. The number of halogens is 1. The Hall–Kier alpha value is -2.70. The van der Waals surface area contributed by atoms with Crippen LogP contribution >= 0.6 is 22.9 Å². The van der Waals surface area contributed by atoms with E-state index in [4.69, 9.17) is 11.6 Å². The second kappa shape index (κ2) is 6.90. The van der Waals surface area contributed by atoms with Crippen LogP contribution in [0.3, 0.4) is 0 Å². The van der Waals surface area contributed by atoms with Crippen molar-refractivity contribution in [1.29, 1.82) is 0 Å². The number of thiazole rings is 1. The number of hydrogen-bond donors (Lipinski definition) is 2. The van der Waals surface area contributed by atoms with Gasteiger partial charge >= 0.3 is 0 Å². The number of nitrogens with zero attached hydrogens (tertiary/aromatic N) is 1. The zero-order valence-corrected chi connectivity index (χ0v) is 15.2. The highest BCUT2D eigenvalue weighted by Crippen LogP contribution is 2.30. The van der Waals surface area contributed by atoms with Crippen LogP contribution in [0.2, 0.25) is 5.02 Å². The van der Waals surface area contributed by atoms with Gasteiger partial charge in [0.05, 0.1) is 5.69 Å². The SMILES string of the molecule is O=C1CCc2cc(C(=O)Nc3nc(-c4ccccc4Cl)cs3)ccc2N1. The van der Waals surface area contributed by atoms with Crippen LogP contribution in [-0.2, 0) is 11.2 Å². The molecule has 0 bridgehead atoms. The third-order valence-electron chi connectivity index (χ3n) is 4.14. The van der Waals surface area contributed by atoms with Gasteiger partial charge in [-0.15, -0.1) is 11.3 Å². The Kier molecular flexibility index (Phi) is 4.44. The zero-order valence-electron chi connectivity index (χ0n) is 13.6.